The summed E-state index contributed by atoms with van der Waals surface area (Å²) in [6.07, 6.45) is 15.4. The fourth-order valence-corrected chi connectivity index (χ4v) is 4.66. The zero-order valence-corrected chi connectivity index (χ0v) is 17.6. The predicted molar refractivity (Wildman–Crippen MR) is 119 cm³/mol. The Labute approximate surface area is 167 Å². The highest BCUT2D eigenvalue weighted by Crippen LogP contribution is 2.34. The van der Waals surface area contributed by atoms with Crippen LogP contribution in [-0.4, -0.2) is 0 Å². The molecule has 0 bridgehead atoms. The number of benzene rings is 2. The van der Waals surface area contributed by atoms with Gasteiger partial charge in [-0.3, -0.25) is 0 Å². The van der Waals surface area contributed by atoms with Gasteiger partial charge in [0, 0.05) is 0 Å². The Kier molecular flexibility index (Phi) is 7.99. The molecule has 0 unspecified atom stereocenters. The van der Waals surface area contributed by atoms with Crippen molar-refractivity contribution in [2.75, 3.05) is 0 Å². The van der Waals surface area contributed by atoms with Crippen LogP contribution in [0.2, 0.25) is 0 Å². The van der Waals surface area contributed by atoms with Gasteiger partial charge in [-0.25, -0.2) is 0 Å². The molecule has 0 amide bonds. The quantitative estimate of drug-likeness (QED) is 0.394. The Morgan fingerprint density at radius 3 is 1.67 bits per heavy atom. The fraction of sp³-hybridized carbons (Fsp3) is 0.556. The predicted octanol–water partition coefficient (Wildman–Crippen LogP) is 8.24. The summed E-state index contributed by atoms with van der Waals surface area (Å²) in [4.78, 5) is 0. The molecule has 27 heavy (non-hydrogen) atoms. The Morgan fingerprint density at radius 2 is 1.15 bits per heavy atom. The smallest absolute Gasteiger partial charge is 0.0184 e. The second kappa shape index (κ2) is 10.7. The molecule has 1 saturated carbocycles. The number of aryl methyl sites for hydroxylation is 2. The van der Waals surface area contributed by atoms with Crippen molar-refractivity contribution in [1.82, 2.24) is 0 Å². The first-order valence-corrected chi connectivity index (χ1v) is 11.5. The fourth-order valence-electron chi connectivity index (χ4n) is 4.66. The Morgan fingerprint density at radius 1 is 0.630 bits per heavy atom. The van der Waals surface area contributed by atoms with Gasteiger partial charge < -0.3 is 0 Å². The van der Waals surface area contributed by atoms with Gasteiger partial charge in [0.25, 0.3) is 0 Å². The molecule has 0 aliphatic heterocycles. The van der Waals surface area contributed by atoms with Crippen LogP contribution >= 0.6 is 0 Å². The molecule has 0 heteroatoms. The van der Waals surface area contributed by atoms with Gasteiger partial charge >= 0.3 is 0 Å². The van der Waals surface area contributed by atoms with E-state index in [1.807, 2.05) is 0 Å². The number of hydrogen-bond donors (Lipinski definition) is 0. The zero-order chi connectivity index (χ0) is 18.9. The summed E-state index contributed by atoms with van der Waals surface area (Å²) in [5.74, 6) is 2.00. The van der Waals surface area contributed by atoms with Crippen LogP contribution in [0.5, 0.6) is 0 Å². The van der Waals surface area contributed by atoms with Crippen molar-refractivity contribution in [3.8, 4) is 11.1 Å². The summed E-state index contributed by atoms with van der Waals surface area (Å²) >= 11 is 0. The lowest BCUT2D eigenvalue weighted by Crippen LogP contribution is -2.15. The van der Waals surface area contributed by atoms with E-state index in [1.54, 1.807) is 0 Å². The van der Waals surface area contributed by atoms with Gasteiger partial charge in [0.05, 0.1) is 0 Å². The summed E-state index contributed by atoms with van der Waals surface area (Å²) in [5.41, 5.74) is 5.60. The van der Waals surface area contributed by atoms with E-state index in [9.17, 15) is 0 Å². The molecule has 146 valence electrons. The van der Waals surface area contributed by atoms with Crippen molar-refractivity contribution >= 4 is 0 Å². The molecule has 0 aromatic heterocycles. The molecule has 0 heterocycles. The van der Waals surface area contributed by atoms with E-state index in [-0.39, 0.29) is 0 Å². The highest BCUT2D eigenvalue weighted by Gasteiger charge is 2.20. The molecule has 0 nitrogen and oxygen atoms in total. The van der Waals surface area contributed by atoms with E-state index >= 15 is 0 Å². The Balaban J connectivity index is 1.42. The molecule has 0 N–H and O–H groups in total. The van der Waals surface area contributed by atoms with Gasteiger partial charge in [0.1, 0.15) is 0 Å². The van der Waals surface area contributed by atoms with Crippen molar-refractivity contribution in [3.05, 3.63) is 59.7 Å². The van der Waals surface area contributed by atoms with Crippen LogP contribution in [0.4, 0.5) is 0 Å². The summed E-state index contributed by atoms with van der Waals surface area (Å²) in [7, 11) is 0. The highest BCUT2D eigenvalue weighted by molar-refractivity contribution is 5.63. The number of unbranched alkanes of at least 4 members (excludes halogenated alkanes) is 2. The standard InChI is InChI=1S/C27H38/c1-3-5-6-7-23-8-10-24(11-9-23)12-13-25-16-20-27(21-17-25)26-18-14-22(4-2)15-19-26/h14-21,23-24H,3-13H2,1-2H3. The minimum atomic E-state index is 0.966. The topological polar surface area (TPSA) is 0 Å². The molecule has 0 radical (unpaired) electrons. The largest absolute Gasteiger partial charge is 0.0654 e. The van der Waals surface area contributed by atoms with Crippen molar-refractivity contribution in [2.24, 2.45) is 11.8 Å². The van der Waals surface area contributed by atoms with Gasteiger partial charge in [-0.1, -0.05) is 114 Å². The summed E-state index contributed by atoms with van der Waals surface area (Å²) in [6, 6.07) is 18.3. The second-order valence-corrected chi connectivity index (χ2v) is 8.67. The zero-order valence-electron chi connectivity index (χ0n) is 17.6. The highest BCUT2D eigenvalue weighted by atomic mass is 14.3. The van der Waals surface area contributed by atoms with Gasteiger partial charge in [-0.2, -0.15) is 0 Å². The van der Waals surface area contributed by atoms with Crippen LogP contribution in [0.15, 0.2) is 48.5 Å². The molecule has 1 aliphatic carbocycles. The van der Waals surface area contributed by atoms with E-state index in [1.165, 1.54) is 86.5 Å². The first-order chi connectivity index (χ1) is 13.3. The Bertz CT molecular complexity index is 641. The van der Waals surface area contributed by atoms with Crippen molar-refractivity contribution in [3.63, 3.8) is 0 Å². The molecule has 0 saturated heterocycles. The van der Waals surface area contributed by atoms with Crippen LogP contribution in [0.1, 0.15) is 82.8 Å². The van der Waals surface area contributed by atoms with Crippen molar-refractivity contribution in [2.45, 2.75) is 84.5 Å². The van der Waals surface area contributed by atoms with Crippen LogP contribution < -0.4 is 0 Å². The lowest BCUT2D eigenvalue weighted by atomic mass is 9.78. The third-order valence-corrected chi connectivity index (χ3v) is 6.67. The second-order valence-electron chi connectivity index (χ2n) is 8.67. The summed E-state index contributed by atoms with van der Waals surface area (Å²) < 4.78 is 0. The van der Waals surface area contributed by atoms with E-state index in [4.69, 9.17) is 0 Å². The average molecular weight is 363 g/mol. The Hall–Kier alpha value is -1.56. The van der Waals surface area contributed by atoms with Crippen molar-refractivity contribution in [1.29, 1.82) is 0 Å². The minimum Gasteiger partial charge on any atom is -0.0654 e. The van der Waals surface area contributed by atoms with E-state index in [0.29, 0.717) is 0 Å². The third-order valence-electron chi connectivity index (χ3n) is 6.67. The monoisotopic (exact) mass is 362 g/mol. The van der Waals surface area contributed by atoms with Crippen molar-refractivity contribution < 1.29 is 0 Å². The molecule has 3 rings (SSSR count). The van der Waals surface area contributed by atoms with Gasteiger partial charge in [0.2, 0.25) is 0 Å². The maximum absolute atomic E-state index is 2.35. The minimum absolute atomic E-state index is 0.966. The maximum Gasteiger partial charge on any atom is -0.0184 e. The lowest BCUT2D eigenvalue weighted by Gasteiger charge is -2.28. The summed E-state index contributed by atoms with van der Waals surface area (Å²) in [5, 5.41) is 0. The van der Waals surface area contributed by atoms with Crippen LogP contribution in [0, 0.1) is 11.8 Å². The lowest BCUT2D eigenvalue weighted by molar-refractivity contribution is 0.249. The van der Waals surface area contributed by atoms with E-state index < -0.39 is 0 Å². The van der Waals surface area contributed by atoms with E-state index in [0.717, 1.165) is 18.3 Å². The van der Waals surface area contributed by atoms with Gasteiger partial charge in [0.15, 0.2) is 0 Å². The number of rotatable bonds is 9. The SMILES string of the molecule is CCCCCC1CCC(CCc2ccc(-c3ccc(CC)cc3)cc2)CC1. The molecule has 1 fully saturated rings. The van der Waals surface area contributed by atoms with Crippen LogP contribution in [-0.2, 0) is 12.8 Å². The van der Waals surface area contributed by atoms with E-state index in [2.05, 4.69) is 62.4 Å². The van der Waals surface area contributed by atoms with Crippen LogP contribution in [0.25, 0.3) is 11.1 Å². The van der Waals surface area contributed by atoms with Gasteiger partial charge in [-0.05, 0) is 53.4 Å². The molecule has 0 atom stereocenters. The average Bonchev–Trinajstić information content (AvgIpc) is 2.74. The van der Waals surface area contributed by atoms with Gasteiger partial charge in [-0.15, -0.1) is 0 Å². The first-order valence-electron chi connectivity index (χ1n) is 11.5. The first kappa shape index (κ1) is 20.2. The number of hydrogen-bond acceptors (Lipinski definition) is 0. The molecular weight excluding hydrogens is 324 g/mol. The molecular formula is C27H38. The molecule has 2 aromatic carbocycles. The molecule has 1 aliphatic rings. The molecule has 0 spiro atoms. The summed E-state index contributed by atoms with van der Waals surface area (Å²) in [6.45, 7) is 4.52. The van der Waals surface area contributed by atoms with Crippen LogP contribution in [0.3, 0.4) is 0 Å². The third kappa shape index (κ3) is 6.23. The molecule has 2 aromatic rings. The normalized spacial score (nSPS) is 19.9. The maximum atomic E-state index is 2.35.